The molecule has 3 aliphatic heterocycles. The Balaban J connectivity index is 0.000000234. The lowest BCUT2D eigenvalue weighted by molar-refractivity contribution is -0.277. The number of methoxy groups -OCH3 is 4. The highest BCUT2D eigenvalue weighted by Crippen LogP contribution is 2.38. The first-order chi connectivity index (χ1) is 34.1. The summed E-state index contributed by atoms with van der Waals surface area (Å²) in [6.45, 7) is -0.637. The molecule has 14 N–H and O–H groups in total. The van der Waals surface area contributed by atoms with Crippen LogP contribution in [0.3, 0.4) is 0 Å². The molecular formula is C45H60O27. The number of ether oxygens (including phenoxy) is 10. The number of carboxylic acid groups (broad SMARTS) is 2. The molecule has 27 nitrogen and oxygen atoms in total. The molecule has 0 radical (unpaired) electrons. The van der Waals surface area contributed by atoms with Gasteiger partial charge in [-0.25, -0.2) is 14.4 Å². The van der Waals surface area contributed by atoms with Gasteiger partial charge in [-0.15, -0.1) is 0 Å². The Kier molecular flexibility index (Phi) is 21.9. The van der Waals surface area contributed by atoms with Gasteiger partial charge in [0.1, 0.15) is 54.9 Å². The highest BCUT2D eigenvalue weighted by atomic mass is 16.7. The van der Waals surface area contributed by atoms with Gasteiger partial charge in [-0.3, -0.25) is 0 Å². The van der Waals surface area contributed by atoms with Gasteiger partial charge >= 0.3 is 17.9 Å². The first-order valence-electron chi connectivity index (χ1n) is 21.6. The molecule has 27 heteroatoms. The second-order valence-electron chi connectivity index (χ2n) is 15.9. The molecule has 402 valence electrons. The maximum absolute atomic E-state index is 11.5. The van der Waals surface area contributed by atoms with Gasteiger partial charge in [0.15, 0.2) is 34.5 Å². The molecule has 3 heterocycles. The van der Waals surface area contributed by atoms with Crippen LogP contribution in [0, 0.1) is 0 Å². The third-order valence-corrected chi connectivity index (χ3v) is 11.2. The van der Waals surface area contributed by atoms with Gasteiger partial charge in [0, 0.05) is 17.5 Å². The molecule has 3 fully saturated rings. The van der Waals surface area contributed by atoms with Crippen LogP contribution in [0.1, 0.15) is 55.5 Å². The molecular weight excluding hydrogens is 972 g/mol. The molecule has 0 saturated carbocycles. The highest BCUT2D eigenvalue weighted by molar-refractivity contribution is 5.90. The number of aliphatic hydroxyl groups excluding tert-OH is 12. The number of esters is 1. The molecule has 14 atom stereocenters. The van der Waals surface area contributed by atoms with E-state index in [1.165, 1.54) is 77.8 Å². The summed E-state index contributed by atoms with van der Waals surface area (Å²) in [6.07, 6.45) is -18.0. The van der Waals surface area contributed by atoms with Crippen LogP contribution in [0.4, 0.5) is 0 Å². The smallest absolute Gasteiger partial charge is 0.337 e. The number of carbonyl (C=O) groups excluding carboxylic acids is 1. The third-order valence-electron chi connectivity index (χ3n) is 11.2. The molecule has 0 spiro atoms. The maximum Gasteiger partial charge on any atom is 0.337 e. The second kappa shape index (κ2) is 26.8. The zero-order valence-corrected chi connectivity index (χ0v) is 39.2. The van der Waals surface area contributed by atoms with Gasteiger partial charge in [-0.1, -0.05) is 0 Å². The summed E-state index contributed by atoms with van der Waals surface area (Å²) in [7, 11) is 5.20. The fourth-order valence-corrected chi connectivity index (χ4v) is 7.17. The molecule has 0 bridgehead atoms. The van der Waals surface area contributed by atoms with Crippen molar-refractivity contribution in [2.24, 2.45) is 0 Å². The number of aromatic carboxylic acids is 2. The zero-order chi connectivity index (χ0) is 53.7. The van der Waals surface area contributed by atoms with E-state index < -0.39 is 130 Å². The van der Waals surface area contributed by atoms with Crippen LogP contribution in [0.2, 0.25) is 0 Å². The number of aliphatic hydroxyl groups is 12. The Labute approximate surface area is 409 Å². The van der Waals surface area contributed by atoms with Crippen molar-refractivity contribution >= 4 is 17.9 Å². The molecule has 0 amide bonds. The summed E-state index contributed by atoms with van der Waals surface area (Å²) >= 11 is 0. The van der Waals surface area contributed by atoms with Crippen LogP contribution >= 0.6 is 0 Å². The molecule has 3 aliphatic rings. The van der Waals surface area contributed by atoms with Crippen molar-refractivity contribution in [1.82, 2.24) is 0 Å². The van der Waals surface area contributed by atoms with E-state index >= 15 is 0 Å². The van der Waals surface area contributed by atoms with Crippen LogP contribution in [0.15, 0.2) is 42.5 Å². The quantitative estimate of drug-likeness (QED) is 0.0630. The van der Waals surface area contributed by atoms with E-state index in [1.807, 2.05) is 0 Å². The number of rotatable bonds is 16. The van der Waals surface area contributed by atoms with Crippen molar-refractivity contribution in [3.05, 3.63) is 70.3 Å². The average molecular weight is 1030 g/mol. The topological polar surface area (TPSA) is 427 Å². The van der Waals surface area contributed by atoms with Gasteiger partial charge in [-0.2, -0.15) is 0 Å². The summed E-state index contributed by atoms with van der Waals surface area (Å²) in [4.78, 5) is 33.7. The van der Waals surface area contributed by atoms with Crippen molar-refractivity contribution in [2.45, 2.75) is 113 Å². The lowest BCUT2D eigenvalue weighted by Gasteiger charge is -2.39. The molecule has 72 heavy (non-hydrogen) atoms. The molecule has 3 aromatic rings. The Morgan fingerprint density at radius 1 is 0.528 bits per heavy atom. The zero-order valence-electron chi connectivity index (χ0n) is 39.2. The van der Waals surface area contributed by atoms with Crippen molar-refractivity contribution in [3.63, 3.8) is 0 Å². The minimum Gasteiger partial charge on any atom is -0.493 e. The van der Waals surface area contributed by atoms with Crippen LogP contribution in [0.25, 0.3) is 0 Å². The first kappa shape index (κ1) is 58.8. The maximum atomic E-state index is 11.5. The van der Waals surface area contributed by atoms with Crippen molar-refractivity contribution in [1.29, 1.82) is 0 Å². The Morgan fingerprint density at radius 3 is 1.47 bits per heavy atom. The highest BCUT2D eigenvalue weighted by Gasteiger charge is 2.46. The summed E-state index contributed by atoms with van der Waals surface area (Å²) in [6, 6.07) is 9.07. The molecule has 3 saturated heterocycles. The number of hydrogen-bond donors (Lipinski definition) is 14. The Morgan fingerprint density at radius 2 is 1.00 bits per heavy atom. The van der Waals surface area contributed by atoms with E-state index in [9.17, 15) is 70.6 Å². The van der Waals surface area contributed by atoms with E-state index in [2.05, 4.69) is 4.74 Å². The van der Waals surface area contributed by atoms with E-state index in [4.69, 9.17) is 58.0 Å². The monoisotopic (exact) mass is 1030 g/mol. The second-order valence-corrected chi connectivity index (χ2v) is 15.9. The van der Waals surface area contributed by atoms with Crippen LogP contribution in [-0.2, 0) is 32.2 Å². The van der Waals surface area contributed by atoms with E-state index in [0.717, 1.165) is 0 Å². The van der Waals surface area contributed by atoms with Gasteiger partial charge in [-0.05, 0) is 49.4 Å². The fraction of sp³-hybridized carbons (Fsp3) is 0.533. The number of benzene rings is 3. The van der Waals surface area contributed by atoms with E-state index in [1.54, 1.807) is 0 Å². The van der Waals surface area contributed by atoms with Crippen molar-refractivity contribution in [3.8, 4) is 34.5 Å². The molecule has 3 aromatic carbocycles. The van der Waals surface area contributed by atoms with Gasteiger partial charge in [0.25, 0.3) is 0 Å². The molecule has 6 rings (SSSR count). The SMILES string of the molecule is COC(=O)c1ccc(O[C@@H]2O[C@H](CO)[C@@H](O)[C@H](O)[C@H]2O)c(OC)c1.COc1cc(C(=O)O)cc(CO)c1O[C@@H]1O[C@@H](C)[C@H](O)[C@@H](O)[C@H]1O.COc1cc(C(=O)O)cc(CO)c1O[C@H]1C[C@@H](O)[C@H](O)[C@@H](CO)O1. The summed E-state index contributed by atoms with van der Waals surface area (Å²) in [5.74, 6) is -2.53. The minimum absolute atomic E-state index is 0.0167. The lowest BCUT2D eigenvalue weighted by atomic mass is 9.99. The van der Waals surface area contributed by atoms with Crippen LogP contribution < -0.4 is 28.4 Å². The van der Waals surface area contributed by atoms with E-state index in [0.29, 0.717) is 0 Å². The van der Waals surface area contributed by atoms with Gasteiger partial charge < -0.3 is 119 Å². The standard InChI is InChI=1S/3C15H20O9/c1-22-10-3-7(15(20)21)2-8(5-16)14(10)24-12-4-9(18)13(19)11(6-17)23-12;1-6-10(17)11(18)12(19)15(23-6)24-13-8(5-16)3-7(14(20)21)4-9(13)22-2;1-21-9-5-7(14(20)22-2)3-4-8(9)23-15-13(19)12(18)11(17)10(6-16)24-15/h2-3,9,11-13,16-19H,4-6H2,1H3,(H,20,21);3-4,6,10-12,15-19H,5H2,1-2H3,(H,20,21);3-5,10-13,15-19H,6H2,1-2H3/t9-,11-,12+,13+;6-,10-,11+,12+,15-;10-,11-,12+,13-,15-/m101/s1. The average Bonchev–Trinajstić information content (AvgIpc) is 3.38. The minimum atomic E-state index is -1.55. The Bertz CT molecular complexity index is 2200. The lowest BCUT2D eigenvalue weighted by Crippen LogP contribution is -2.60. The number of carboxylic acids is 2. The first-order valence-corrected chi connectivity index (χ1v) is 21.6. The fourth-order valence-electron chi connectivity index (χ4n) is 7.17. The summed E-state index contributed by atoms with van der Waals surface area (Å²) in [5, 5.41) is 134. The summed E-state index contributed by atoms with van der Waals surface area (Å²) in [5.41, 5.74) is 0.302. The molecule has 0 unspecified atom stereocenters. The largest absolute Gasteiger partial charge is 0.493 e. The van der Waals surface area contributed by atoms with Crippen LogP contribution in [-0.4, -0.2) is 217 Å². The van der Waals surface area contributed by atoms with Crippen molar-refractivity contribution < 1.29 is 133 Å². The number of hydrogen-bond acceptors (Lipinski definition) is 25. The number of carbonyl (C=O) groups is 3. The Hall–Kier alpha value is -5.73. The predicted molar refractivity (Wildman–Crippen MR) is 236 cm³/mol. The van der Waals surface area contributed by atoms with Crippen molar-refractivity contribution in [2.75, 3.05) is 41.7 Å². The third kappa shape index (κ3) is 14.1. The van der Waals surface area contributed by atoms with Gasteiger partial charge in [0.2, 0.25) is 18.9 Å². The van der Waals surface area contributed by atoms with Gasteiger partial charge in [0.05, 0.1) is 83.8 Å². The molecule has 0 aliphatic carbocycles. The molecule has 0 aromatic heterocycles. The van der Waals surface area contributed by atoms with Crippen LogP contribution in [0.5, 0.6) is 34.5 Å². The predicted octanol–water partition coefficient (Wildman–Crippen LogP) is -3.15. The van der Waals surface area contributed by atoms with E-state index in [-0.39, 0.29) is 68.7 Å². The summed E-state index contributed by atoms with van der Waals surface area (Å²) < 4.78 is 52.5. The normalized spacial score (nSPS) is 28.9.